The zero-order valence-electron chi connectivity index (χ0n) is 13.6. The van der Waals surface area contributed by atoms with Gasteiger partial charge in [-0.1, -0.05) is 18.2 Å². The Kier molecular flexibility index (Phi) is 5.15. The Balaban J connectivity index is 1.49. The number of rotatable bonds is 6. The molecular weight excluding hydrogens is 308 g/mol. The SMILES string of the molecule is COc1ccccc1OCC(=O)N1CCC(Oc2ccccn2)C1. The number of carbonyl (C=O) groups is 1. The summed E-state index contributed by atoms with van der Waals surface area (Å²) in [5.74, 6) is 1.70. The van der Waals surface area contributed by atoms with Crippen LogP contribution in [0.2, 0.25) is 0 Å². The molecule has 0 spiro atoms. The zero-order chi connectivity index (χ0) is 16.8. The smallest absolute Gasteiger partial charge is 0.260 e. The maximum atomic E-state index is 12.3. The quantitative estimate of drug-likeness (QED) is 0.813. The van der Waals surface area contributed by atoms with Crippen molar-refractivity contribution in [1.29, 1.82) is 0 Å². The molecule has 3 rings (SSSR count). The van der Waals surface area contributed by atoms with Crippen molar-refractivity contribution < 1.29 is 19.0 Å². The fourth-order valence-electron chi connectivity index (χ4n) is 2.61. The molecule has 1 amide bonds. The standard InChI is InChI=1S/C18H20N2O4/c1-22-15-6-2-3-7-16(15)23-13-18(21)20-11-9-14(12-20)24-17-8-4-5-10-19-17/h2-8,10,14H,9,11-13H2,1H3. The van der Waals surface area contributed by atoms with E-state index in [0.717, 1.165) is 6.42 Å². The van der Waals surface area contributed by atoms with Crippen LogP contribution in [-0.4, -0.2) is 48.7 Å². The summed E-state index contributed by atoms with van der Waals surface area (Å²) in [6.07, 6.45) is 2.45. The van der Waals surface area contributed by atoms with Gasteiger partial charge in [-0.2, -0.15) is 0 Å². The summed E-state index contributed by atoms with van der Waals surface area (Å²) in [6, 6.07) is 12.8. The molecule has 1 aliphatic heterocycles. The van der Waals surface area contributed by atoms with E-state index in [1.807, 2.05) is 30.3 Å². The van der Waals surface area contributed by atoms with Gasteiger partial charge in [0, 0.05) is 25.2 Å². The molecule has 1 aliphatic rings. The number of likely N-dealkylation sites (tertiary alicyclic amines) is 1. The third-order valence-electron chi connectivity index (χ3n) is 3.84. The zero-order valence-corrected chi connectivity index (χ0v) is 13.6. The molecule has 0 N–H and O–H groups in total. The van der Waals surface area contributed by atoms with E-state index in [0.29, 0.717) is 30.5 Å². The van der Waals surface area contributed by atoms with Crippen LogP contribution in [0.3, 0.4) is 0 Å². The third kappa shape index (κ3) is 3.95. The first-order chi connectivity index (χ1) is 11.8. The first-order valence-corrected chi connectivity index (χ1v) is 7.87. The number of para-hydroxylation sites is 2. The van der Waals surface area contributed by atoms with Gasteiger partial charge in [0.05, 0.1) is 13.7 Å². The largest absolute Gasteiger partial charge is 0.493 e. The number of carbonyl (C=O) groups excluding carboxylic acids is 1. The van der Waals surface area contributed by atoms with Crippen LogP contribution in [0.5, 0.6) is 17.4 Å². The number of aromatic nitrogens is 1. The van der Waals surface area contributed by atoms with Gasteiger partial charge in [0.15, 0.2) is 18.1 Å². The maximum Gasteiger partial charge on any atom is 0.260 e. The summed E-state index contributed by atoms with van der Waals surface area (Å²) in [5, 5.41) is 0. The number of hydrogen-bond donors (Lipinski definition) is 0. The van der Waals surface area contributed by atoms with Crippen LogP contribution in [0.25, 0.3) is 0 Å². The predicted octanol–water partition coefficient (Wildman–Crippen LogP) is 2.15. The normalized spacial score (nSPS) is 16.7. The minimum Gasteiger partial charge on any atom is -0.493 e. The Labute approximate surface area is 141 Å². The van der Waals surface area contributed by atoms with E-state index in [-0.39, 0.29) is 18.6 Å². The lowest BCUT2D eigenvalue weighted by molar-refractivity contribution is -0.132. The van der Waals surface area contributed by atoms with E-state index in [1.165, 1.54) is 0 Å². The van der Waals surface area contributed by atoms with E-state index >= 15 is 0 Å². The van der Waals surface area contributed by atoms with Gasteiger partial charge < -0.3 is 19.1 Å². The van der Waals surface area contributed by atoms with Crippen LogP contribution in [0.4, 0.5) is 0 Å². The number of amides is 1. The molecule has 0 bridgehead atoms. The van der Waals surface area contributed by atoms with Crippen LogP contribution >= 0.6 is 0 Å². The number of ether oxygens (including phenoxy) is 3. The van der Waals surface area contributed by atoms with Gasteiger partial charge in [0.2, 0.25) is 5.88 Å². The summed E-state index contributed by atoms with van der Waals surface area (Å²) in [4.78, 5) is 18.2. The monoisotopic (exact) mass is 328 g/mol. The van der Waals surface area contributed by atoms with Crippen molar-refractivity contribution in [1.82, 2.24) is 9.88 Å². The molecule has 0 saturated carbocycles. The van der Waals surface area contributed by atoms with Gasteiger partial charge in [-0.15, -0.1) is 0 Å². The highest BCUT2D eigenvalue weighted by Crippen LogP contribution is 2.26. The molecule has 1 fully saturated rings. The Morgan fingerprint density at radius 1 is 1.21 bits per heavy atom. The summed E-state index contributed by atoms with van der Waals surface area (Å²) in [7, 11) is 1.57. The minimum absolute atomic E-state index is 0.0172. The minimum atomic E-state index is -0.0620. The highest BCUT2D eigenvalue weighted by atomic mass is 16.5. The number of benzene rings is 1. The fourth-order valence-corrected chi connectivity index (χ4v) is 2.61. The molecule has 126 valence electrons. The second-order valence-electron chi connectivity index (χ2n) is 5.48. The Hall–Kier alpha value is -2.76. The number of nitrogens with zero attached hydrogens (tertiary/aromatic N) is 2. The fraction of sp³-hybridized carbons (Fsp3) is 0.333. The number of hydrogen-bond acceptors (Lipinski definition) is 5. The van der Waals surface area contributed by atoms with Crippen molar-refractivity contribution in [3.8, 4) is 17.4 Å². The van der Waals surface area contributed by atoms with E-state index < -0.39 is 0 Å². The lowest BCUT2D eigenvalue weighted by Crippen LogP contribution is -2.34. The lowest BCUT2D eigenvalue weighted by Gasteiger charge is -2.17. The van der Waals surface area contributed by atoms with E-state index in [2.05, 4.69) is 4.98 Å². The molecule has 0 radical (unpaired) electrons. The molecule has 1 saturated heterocycles. The third-order valence-corrected chi connectivity index (χ3v) is 3.84. The second kappa shape index (κ2) is 7.68. The van der Waals surface area contributed by atoms with Crippen LogP contribution in [0, 0.1) is 0 Å². The van der Waals surface area contributed by atoms with Crippen LogP contribution in [-0.2, 0) is 4.79 Å². The summed E-state index contributed by atoms with van der Waals surface area (Å²) in [6.45, 7) is 1.19. The van der Waals surface area contributed by atoms with E-state index in [1.54, 1.807) is 30.3 Å². The highest BCUT2D eigenvalue weighted by molar-refractivity contribution is 5.78. The van der Waals surface area contributed by atoms with Crippen molar-refractivity contribution >= 4 is 5.91 Å². The van der Waals surface area contributed by atoms with Crippen LogP contribution in [0.1, 0.15) is 6.42 Å². The highest BCUT2D eigenvalue weighted by Gasteiger charge is 2.28. The summed E-state index contributed by atoms with van der Waals surface area (Å²) < 4.78 is 16.6. The second-order valence-corrected chi connectivity index (χ2v) is 5.48. The molecule has 6 nitrogen and oxygen atoms in total. The molecule has 2 aromatic rings. The van der Waals surface area contributed by atoms with E-state index in [4.69, 9.17) is 14.2 Å². The van der Waals surface area contributed by atoms with E-state index in [9.17, 15) is 4.79 Å². The van der Waals surface area contributed by atoms with Crippen molar-refractivity contribution in [3.63, 3.8) is 0 Å². The van der Waals surface area contributed by atoms with Crippen molar-refractivity contribution in [2.45, 2.75) is 12.5 Å². The first kappa shape index (κ1) is 16.1. The molecule has 0 aliphatic carbocycles. The van der Waals surface area contributed by atoms with Crippen LogP contribution < -0.4 is 14.2 Å². The Morgan fingerprint density at radius 3 is 2.75 bits per heavy atom. The average Bonchev–Trinajstić information content (AvgIpc) is 3.09. The molecule has 24 heavy (non-hydrogen) atoms. The predicted molar refractivity (Wildman–Crippen MR) is 88.3 cm³/mol. The molecule has 1 unspecified atom stereocenters. The molecule has 6 heteroatoms. The van der Waals surface area contributed by atoms with Gasteiger partial charge >= 0.3 is 0 Å². The Bertz CT molecular complexity index is 678. The van der Waals surface area contributed by atoms with Gasteiger partial charge in [0.1, 0.15) is 6.10 Å². The van der Waals surface area contributed by atoms with Gasteiger partial charge in [-0.3, -0.25) is 4.79 Å². The van der Waals surface area contributed by atoms with Crippen molar-refractivity contribution in [2.24, 2.45) is 0 Å². The van der Waals surface area contributed by atoms with Crippen LogP contribution in [0.15, 0.2) is 48.7 Å². The topological polar surface area (TPSA) is 60.9 Å². The number of pyridine rings is 1. The van der Waals surface area contributed by atoms with Gasteiger partial charge in [-0.05, 0) is 18.2 Å². The molecule has 1 atom stereocenters. The molecule has 2 heterocycles. The summed E-state index contributed by atoms with van der Waals surface area (Å²) >= 11 is 0. The molecule has 1 aromatic heterocycles. The maximum absolute atomic E-state index is 12.3. The van der Waals surface area contributed by atoms with Crippen molar-refractivity contribution in [2.75, 3.05) is 26.8 Å². The van der Waals surface area contributed by atoms with Gasteiger partial charge in [-0.25, -0.2) is 4.98 Å². The average molecular weight is 328 g/mol. The lowest BCUT2D eigenvalue weighted by atomic mass is 10.3. The Morgan fingerprint density at radius 2 is 2.00 bits per heavy atom. The van der Waals surface area contributed by atoms with Crippen molar-refractivity contribution in [3.05, 3.63) is 48.7 Å². The van der Waals surface area contributed by atoms with Gasteiger partial charge in [0.25, 0.3) is 5.91 Å². The molecule has 1 aromatic carbocycles. The molecular formula is C18H20N2O4. The summed E-state index contributed by atoms with van der Waals surface area (Å²) in [5.41, 5.74) is 0. The number of methoxy groups -OCH3 is 1. The first-order valence-electron chi connectivity index (χ1n) is 7.87.